The van der Waals surface area contributed by atoms with Crippen LogP contribution in [0, 0.1) is 19.9 Å². The molecule has 4 heterocycles. The number of phenols is 1. The van der Waals surface area contributed by atoms with Gasteiger partial charge >= 0.3 is 0 Å². The molecule has 0 fully saturated rings. The molecule has 0 unspecified atom stereocenters. The Morgan fingerprint density at radius 3 is 2.14 bits per heavy atom. The summed E-state index contributed by atoms with van der Waals surface area (Å²) in [6.45, 7) is 17.3. The van der Waals surface area contributed by atoms with E-state index in [2.05, 4.69) is 139 Å². The van der Waals surface area contributed by atoms with Crippen LogP contribution in [0.2, 0.25) is 0 Å². The third kappa shape index (κ3) is 6.13. The van der Waals surface area contributed by atoms with Crippen molar-refractivity contribution in [3.05, 3.63) is 126 Å². The Kier molecular flexibility index (Phi) is 9.25. The van der Waals surface area contributed by atoms with Crippen LogP contribution in [0.4, 0.5) is 0 Å². The molecule has 6 nitrogen and oxygen atoms in total. The van der Waals surface area contributed by atoms with Crippen LogP contribution >= 0.6 is 11.3 Å². The molecule has 0 aliphatic heterocycles. The van der Waals surface area contributed by atoms with E-state index in [0.717, 1.165) is 75.9 Å². The molecule has 0 amide bonds. The van der Waals surface area contributed by atoms with E-state index in [9.17, 15) is 5.11 Å². The zero-order valence-electron chi connectivity index (χ0n) is 32.7. The number of nitrogens with zero attached hydrogens (tertiary/aromatic N) is 5. The number of aryl methyl sites for hydroxylation is 2. The van der Waals surface area contributed by atoms with Gasteiger partial charge in [0, 0.05) is 76.4 Å². The van der Waals surface area contributed by atoms with E-state index in [0.29, 0.717) is 11.4 Å². The van der Waals surface area contributed by atoms with E-state index in [1.165, 1.54) is 16.7 Å². The van der Waals surface area contributed by atoms with Crippen molar-refractivity contribution in [2.45, 2.75) is 66.3 Å². The molecule has 0 bridgehead atoms. The van der Waals surface area contributed by atoms with Gasteiger partial charge in [-0.05, 0) is 69.0 Å². The third-order valence-corrected chi connectivity index (χ3v) is 11.6. The second-order valence-corrected chi connectivity index (χ2v) is 17.5. The van der Waals surface area contributed by atoms with E-state index in [1.807, 2.05) is 30.6 Å². The average molecular weight is 932 g/mol. The van der Waals surface area contributed by atoms with Crippen molar-refractivity contribution in [1.82, 2.24) is 24.5 Å². The van der Waals surface area contributed by atoms with Crippen molar-refractivity contribution in [3.63, 3.8) is 0 Å². The van der Waals surface area contributed by atoms with Crippen LogP contribution in [-0.4, -0.2) is 29.6 Å². The van der Waals surface area contributed by atoms with Crippen molar-refractivity contribution in [1.29, 1.82) is 0 Å². The fourth-order valence-corrected chi connectivity index (χ4v) is 9.18. The van der Waals surface area contributed by atoms with Crippen LogP contribution < -0.4 is 0 Å². The number of para-hydroxylation sites is 1. The second kappa shape index (κ2) is 13.8. The Morgan fingerprint density at radius 1 is 0.714 bits per heavy atom. The molecule has 0 aliphatic rings. The molecule has 0 aliphatic carbocycles. The van der Waals surface area contributed by atoms with Crippen molar-refractivity contribution < 1.29 is 26.2 Å². The minimum Gasteiger partial charge on any atom is -0.507 e. The minimum atomic E-state index is -0.390. The van der Waals surface area contributed by atoms with Gasteiger partial charge < -0.3 is 9.67 Å². The number of aromatic hydroxyl groups is 1. The van der Waals surface area contributed by atoms with Crippen LogP contribution in [0.3, 0.4) is 0 Å². The Hall–Kier alpha value is -5.23. The molecular formula is C48H42N5OPtS-. The van der Waals surface area contributed by atoms with Gasteiger partial charge in [0.2, 0.25) is 0 Å². The molecule has 1 N–H and O–H groups in total. The molecule has 9 aromatic rings. The Labute approximate surface area is 345 Å². The zero-order valence-corrected chi connectivity index (χ0v) is 35.8. The molecule has 282 valence electrons. The number of benzene rings is 5. The van der Waals surface area contributed by atoms with E-state index in [-0.39, 0.29) is 32.2 Å². The van der Waals surface area contributed by atoms with Crippen molar-refractivity contribution in [2.75, 3.05) is 0 Å². The molecule has 0 atom stereocenters. The largest absolute Gasteiger partial charge is 0.507 e. The molecular weight excluding hydrogens is 890 g/mol. The van der Waals surface area contributed by atoms with Crippen molar-refractivity contribution >= 4 is 53.4 Å². The summed E-state index contributed by atoms with van der Waals surface area (Å²) in [5.41, 5.74) is 10.4. The first-order chi connectivity index (χ1) is 26.3. The Balaban J connectivity index is 0.00000441. The number of thiophene rings is 1. The fourth-order valence-electron chi connectivity index (χ4n) is 7.99. The zero-order chi connectivity index (χ0) is 38.4. The number of rotatable bonds is 4. The van der Waals surface area contributed by atoms with Gasteiger partial charge in [-0.3, -0.25) is 4.98 Å². The molecule has 9 rings (SSSR count). The van der Waals surface area contributed by atoms with Gasteiger partial charge in [-0.15, -0.1) is 41.2 Å². The standard InChI is InChI=1S/C48H42N5OS.Pt/c1-27-14-11-15-28(2)38(27)31-22-23-49-36(25-31)30-17-12-16-29(24-30)32-20-13-21-37-41(32)51-44(53(37)48(6,7)8)40-39-35-26-50-46(47(3,4)5)52-45(35)55-43(39)34-19-10-9-18-33(34)42(40)54;/h9-23,25-26,54H,1-8H3;/q-1;. The van der Waals surface area contributed by atoms with Crippen LogP contribution in [0.5, 0.6) is 5.75 Å². The van der Waals surface area contributed by atoms with Crippen LogP contribution in [0.1, 0.15) is 58.5 Å². The summed E-state index contributed by atoms with van der Waals surface area (Å²) in [7, 11) is 0. The second-order valence-electron chi connectivity index (χ2n) is 16.5. The van der Waals surface area contributed by atoms with Gasteiger partial charge in [0.25, 0.3) is 0 Å². The van der Waals surface area contributed by atoms with Gasteiger partial charge in [0.1, 0.15) is 22.2 Å². The van der Waals surface area contributed by atoms with Gasteiger partial charge in [0.05, 0.1) is 16.6 Å². The molecule has 4 aromatic heterocycles. The normalized spacial score (nSPS) is 12.2. The molecule has 0 radical (unpaired) electrons. The van der Waals surface area contributed by atoms with Gasteiger partial charge in [-0.25, -0.2) is 15.0 Å². The van der Waals surface area contributed by atoms with Crippen molar-refractivity contribution in [3.8, 4) is 50.6 Å². The third-order valence-electron chi connectivity index (χ3n) is 10.5. The van der Waals surface area contributed by atoms with E-state index in [1.54, 1.807) is 11.3 Å². The number of pyridine rings is 1. The monoisotopic (exact) mass is 931 g/mol. The number of phenolic OH excluding ortho intramolecular Hbond substituents is 1. The van der Waals surface area contributed by atoms with Crippen LogP contribution in [0.25, 0.3) is 87.0 Å². The van der Waals surface area contributed by atoms with Crippen LogP contribution in [0.15, 0.2) is 103 Å². The first-order valence-electron chi connectivity index (χ1n) is 18.7. The maximum Gasteiger partial charge on any atom is 0.145 e. The minimum absolute atomic E-state index is 0. The molecule has 0 saturated carbocycles. The maximum atomic E-state index is 12.4. The molecule has 56 heavy (non-hydrogen) atoms. The van der Waals surface area contributed by atoms with Gasteiger partial charge in [-0.2, -0.15) is 0 Å². The molecule has 0 spiro atoms. The Bertz CT molecular complexity index is 2980. The fraction of sp³-hybridized carbons (Fsp3) is 0.208. The van der Waals surface area contributed by atoms with E-state index < -0.39 is 5.54 Å². The summed E-state index contributed by atoms with van der Waals surface area (Å²) >= 11 is 1.65. The van der Waals surface area contributed by atoms with Gasteiger partial charge in [-0.1, -0.05) is 92.6 Å². The molecule has 5 aromatic carbocycles. The maximum absolute atomic E-state index is 12.4. The average Bonchev–Trinajstić information content (AvgIpc) is 3.74. The number of aromatic nitrogens is 5. The smallest absolute Gasteiger partial charge is 0.145 e. The van der Waals surface area contributed by atoms with Gasteiger partial charge in [0.15, 0.2) is 0 Å². The summed E-state index contributed by atoms with van der Waals surface area (Å²) in [5, 5.41) is 16.0. The topological polar surface area (TPSA) is 76.7 Å². The quantitative estimate of drug-likeness (QED) is 0.178. The summed E-state index contributed by atoms with van der Waals surface area (Å²) in [6, 6.07) is 35.0. The number of hydrogen-bond acceptors (Lipinski definition) is 6. The summed E-state index contributed by atoms with van der Waals surface area (Å²) in [6.07, 6.45) is 3.81. The predicted octanol–water partition coefficient (Wildman–Crippen LogP) is 12.6. The van der Waals surface area contributed by atoms with E-state index >= 15 is 0 Å². The summed E-state index contributed by atoms with van der Waals surface area (Å²) < 4.78 is 3.32. The molecule has 8 heteroatoms. The van der Waals surface area contributed by atoms with E-state index in [4.69, 9.17) is 19.9 Å². The van der Waals surface area contributed by atoms with Crippen LogP contribution in [-0.2, 0) is 32.0 Å². The SMILES string of the molecule is Cc1cccc(C)c1-c1ccnc(-c2[c-]c(-c3cccc4c3nc(-c3c(O)c5ccccc5c5sc6nc(C(C)(C)C)ncc6c35)n4C(C)(C)C)ccc2)c1.[Pt]. The number of hydrogen-bond donors (Lipinski definition) is 1. The number of fused-ring (bicyclic) bond motifs is 6. The Morgan fingerprint density at radius 2 is 1.41 bits per heavy atom. The first-order valence-corrected chi connectivity index (χ1v) is 19.5. The summed E-state index contributed by atoms with van der Waals surface area (Å²) in [5.74, 6) is 1.69. The van der Waals surface area contributed by atoms with Crippen molar-refractivity contribution in [2.24, 2.45) is 0 Å². The molecule has 0 saturated heterocycles. The number of imidazole rings is 1. The first kappa shape index (κ1) is 37.7. The summed E-state index contributed by atoms with van der Waals surface area (Å²) in [4.78, 5) is 21.1. The predicted molar refractivity (Wildman–Crippen MR) is 229 cm³/mol.